The van der Waals surface area contributed by atoms with Gasteiger partial charge in [-0.25, -0.2) is 0 Å². The Morgan fingerprint density at radius 2 is 1.87 bits per heavy atom. The zero-order chi connectivity index (χ0) is 11.1. The fourth-order valence-corrected chi connectivity index (χ4v) is 1.76. The van der Waals surface area contributed by atoms with Gasteiger partial charge in [-0.1, -0.05) is 39.7 Å². The van der Waals surface area contributed by atoms with Crippen molar-refractivity contribution in [3.8, 4) is 0 Å². The molecule has 0 aliphatic carbocycles. The van der Waals surface area contributed by atoms with Crippen molar-refractivity contribution >= 4 is 0 Å². The van der Waals surface area contributed by atoms with Crippen molar-refractivity contribution in [2.24, 2.45) is 5.92 Å². The molecule has 0 N–H and O–H groups in total. The first-order valence-electron chi connectivity index (χ1n) is 6.17. The van der Waals surface area contributed by atoms with Crippen molar-refractivity contribution in [2.45, 2.75) is 52.9 Å². The zero-order valence-corrected chi connectivity index (χ0v) is 10.3. The molecule has 0 spiro atoms. The molecule has 1 heteroatoms. The standard InChI is InChI=1S/C14H23N/c1-4-5-6-8-13-9-7-10-14(15-13)11-12(2)3/h7,9-10,12H,4-6,8,11H2,1-3H3. The fraction of sp³-hybridized carbons (Fsp3) is 0.643. The lowest BCUT2D eigenvalue weighted by molar-refractivity contribution is 0.630. The van der Waals surface area contributed by atoms with Gasteiger partial charge in [0.25, 0.3) is 0 Å². The van der Waals surface area contributed by atoms with Gasteiger partial charge in [-0.3, -0.25) is 4.98 Å². The molecule has 0 amide bonds. The molecule has 15 heavy (non-hydrogen) atoms. The van der Waals surface area contributed by atoms with Crippen LogP contribution < -0.4 is 0 Å². The Hall–Kier alpha value is -0.850. The molecule has 1 rings (SSSR count). The Kier molecular flexibility index (Phi) is 5.38. The molecule has 1 aromatic rings. The topological polar surface area (TPSA) is 12.9 Å². The number of hydrogen-bond acceptors (Lipinski definition) is 1. The lowest BCUT2D eigenvalue weighted by Gasteiger charge is -2.06. The van der Waals surface area contributed by atoms with E-state index in [-0.39, 0.29) is 0 Å². The molecule has 0 fully saturated rings. The van der Waals surface area contributed by atoms with Gasteiger partial charge in [-0.05, 0) is 37.3 Å². The van der Waals surface area contributed by atoms with E-state index >= 15 is 0 Å². The number of nitrogens with zero attached hydrogens (tertiary/aromatic N) is 1. The molecule has 0 atom stereocenters. The molecule has 0 unspecified atom stereocenters. The van der Waals surface area contributed by atoms with Crippen molar-refractivity contribution in [1.29, 1.82) is 0 Å². The molecule has 0 saturated carbocycles. The summed E-state index contributed by atoms with van der Waals surface area (Å²) in [5.74, 6) is 0.698. The van der Waals surface area contributed by atoms with Crippen molar-refractivity contribution in [3.63, 3.8) is 0 Å². The van der Waals surface area contributed by atoms with Gasteiger partial charge < -0.3 is 0 Å². The number of aromatic nitrogens is 1. The number of hydrogen-bond donors (Lipinski definition) is 0. The summed E-state index contributed by atoms with van der Waals surface area (Å²) in [4.78, 5) is 4.68. The van der Waals surface area contributed by atoms with Gasteiger partial charge in [0, 0.05) is 11.4 Å². The minimum Gasteiger partial charge on any atom is -0.258 e. The highest BCUT2D eigenvalue weighted by Crippen LogP contribution is 2.09. The summed E-state index contributed by atoms with van der Waals surface area (Å²) < 4.78 is 0. The van der Waals surface area contributed by atoms with E-state index in [2.05, 4.69) is 44.0 Å². The van der Waals surface area contributed by atoms with Crippen LogP contribution in [0.15, 0.2) is 18.2 Å². The fourth-order valence-electron chi connectivity index (χ4n) is 1.76. The van der Waals surface area contributed by atoms with E-state index in [1.54, 1.807) is 0 Å². The van der Waals surface area contributed by atoms with E-state index in [1.807, 2.05) is 0 Å². The molecule has 0 aliphatic rings. The maximum atomic E-state index is 4.68. The predicted molar refractivity (Wildman–Crippen MR) is 66.0 cm³/mol. The summed E-state index contributed by atoms with van der Waals surface area (Å²) in [6.07, 6.45) is 6.11. The second kappa shape index (κ2) is 6.60. The third-order valence-corrected chi connectivity index (χ3v) is 2.52. The maximum absolute atomic E-state index is 4.68. The molecule has 1 nitrogen and oxygen atoms in total. The van der Waals surface area contributed by atoms with Crippen molar-refractivity contribution in [2.75, 3.05) is 0 Å². The Balaban J connectivity index is 2.50. The van der Waals surface area contributed by atoms with Gasteiger partial charge >= 0.3 is 0 Å². The van der Waals surface area contributed by atoms with Crippen LogP contribution in [0.2, 0.25) is 0 Å². The molecular weight excluding hydrogens is 182 g/mol. The smallest absolute Gasteiger partial charge is 0.0409 e. The average molecular weight is 205 g/mol. The monoisotopic (exact) mass is 205 g/mol. The van der Waals surface area contributed by atoms with Crippen molar-refractivity contribution in [3.05, 3.63) is 29.6 Å². The number of pyridine rings is 1. The Labute approximate surface area is 93.9 Å². The summed E-state index contributed by atoms with van der Waals surface area (Å²) in [6.45, 7) is 6.72. The summed E-state index contributed by atoms with van der Waals surface area (Å²) in [6, 6.07) is 6.44. The van der Waals surface area contributed by atoms with Crippen LogP contribution in [0.4, 0.5) is 0 Å². The highest BCUT2D eigenvalue weighted by Gasteiger charge is 2.00. The van der Waals surface area contributed by atoms with E-state index in [0.29, 0.717) is 5.92 Å². The number of rotatable bonds is 6. The van der Waals surface area contributed by atoms with E-state index < -0.39 is 0 Å². The molecule has 0 bridgehead atoms. The molecule has 0 aromatic carbocycles. The maximum Gasteiger partial charge on any atom is 0.0409 e. The minimum atomic E-state index is 0.698. The highest BCUT2D eigenvalue weighted by molar-refractivity contribution is 5.11. The van der Waals surface area contributed by atoms with Crippen molar-refractivity contribution in [1.82, 2.24) is 4.98 Å². The number of unbranched alkanes of at least 4 members (excludes halogenated alkanes) is 2. The highest BCUT2D eigenvalue weighted by atomic mass is 14.7. The second-order valence-electron chi connectivity index (χ2n) is 4.68. The molecule has 1 heterocycles. The Morgan fingerprint density at radius 1 is 1.13 bits per heavy atom. The van der Waals surface area contributed by atoms with Crippen LogP contribution in [0.1, 0.15) is 51.4 Å². The van der Waals surface area contributed by atoms with Crippen LogP contribution in [0.5, 0.6) is 0 Å². The van der Waals surface area contributed by atoms with Gasteiger partial charge in [0.2, 0.25) is 0 Å². The average Bonchev–Trinajstić information content (AvgIpc) is 2.18. The first-order chi connectivity index (χ1) is 7.22. The summed E-state index contributed by atoms with van der Waals surface area (Å²) in [5.41, 5.74) is 2.51. The normalized spacial score (nSPS) is 10.9. The predicted octanol–water partition coefficient (Wildman–Crippen LogP) is 4.01. The Morgan fingerprint density at radius 3 is 2.53 bits per heavy atom. The first kappa shape index (κ1) is 12.2. The molecular formula is C14H23N. The van der Waals surface area contributed by atoms with Crippen LogP contribution >= 0.6 is 0 Å². The van der Waals surface area contributed by atoms with Crippen LogP contribution in [0.25, 0.3) is 0 Å². The van der Waals surface area contributed by atoms with Gasteiger partial charge in [-0.15, -0.1) is 0 Å². The largest absolute Gasteiger partial charge is 0.258 e. The van der Waals surface area contributed by atoms with Gasteiger partial charge in [0.15, 0.2) is 0 Å². The SMILES string of the molecule is CCCCCc1cccc(CC(C)C)n1. The Bertz CT molecular complexity index is 278. The first-order valence-corrected chi connectivity index (χ1v) is 6.17. The third kappa shape index (κ3) is 4.96. The summed E-state index contributed by atoms with van der Waals surface area (Å²) in [5, 5.41) is 0. The van der Waals surface area contributed by atoms with Gasteiger partial charge in [0.05, 0.1) is 0 Å². The van der Waals surface area contributed by atoms with Crippen LogP contribution in [-0.4, -0.2) is 4.98 Å². The van der Waals surface area contributed by atoms with E-state index in [4.69, 9.17) is 0 Å². The molecule has 0 saturated heterocycles. The zero-order valence-electron chi connectivity index (χ0n) is 10.3. The third-order valence-electron chi connectivity index (χ3n) is 2.52. The molecule has 0 aliphatic heterocycles. The number of aryl methyl sites for hydroxylation is 1. The molecule has 1 aromatic heterocycles. The van der Waals surface area contributed by atoms with Gasteiger partial charge in [-0.2, -0.15) is 0 Å². The minimum absolute atomic E-state index is 0.698. The second-order valence-corrected chi connectivity index (χ2v) is 4.68. The van der Waals surface area contributed by atoms with E-state index in [0.717, 1.165) is 12.8 Å². The van der Waals surface area contributed by atoms with E-state index in [9.17, 15) is 0 Å². The molecule has 0 radical (unpaired) electrons. The summed E-state index contributed by atoms with van der Waals surface area (Å²) >= 11 is 0. The van der Waals surface area contributed by atoms with Crippen molar-refractivity contribution < 1.29 is 0 Å². The lowest BCUT2D eigenvalue weighted by Crippen LogP contribution is -2.00. The quantitative estimate of drug-likeness (QED) is 0.639. The van der Waals surface area contributed by atoms with Gasteiger partial charge in [0.1, 0.15) is 0 Å². The van der Waals surface area contributed by atoms with Crippen LogP contribution in [0, 0.1) is 5.92 Å². The van der Waals surface area contributed by atoms with Crippen LogP contribution in [0.3, 0.4) is 0 Å². The van der Waals surface area contributed by atoms with Crippen LogP contribution in [-0.2, 0) is 12.8 Å². The molecule has 84 valence electrons. The van der Waals surface area contributed by atoms with E-state index in [1.165, 1.54) is 30.7 Å². The lowest BCUT2D eigenvalue weighted by atomic mass is 10.1. The summed E-state index contributed by atoms with van der Waals surface area (Å²) in [7, 11) is 0.